The summed E-state index contributed by atoms with van der Waals surface area (Å²) in [7, 11) is 0. The Morgan fingerprint density at radius 1 is 1.12 bits per heavy atom. The van der Waals surface area contributed by atoms with Crippen LogP contribution in [0.1, 0.15) is 36.8 Å². The third-order valence-electron chi connectivity index (χ3n) is 4.76. The molecule has 0 spiro atoms. The minimum Gasteiger partial charge on any atom is -0.390 e. The average Bonchev–Trinajstić information content (AvgIpc) is 2.98. The molecule has 2 N–H and O–H groups in total. The molecule has 2 heterocycles. The largest absolute Gasteiger partial charge is 0.390 e. The van der Waals surface area contributed by atoms with E-state index in [1.807, 2.05) is 12.3 Å². The standard InChI is InChI=1S/C20H30N4O/c1-2-3-9-20-21-12-18(22-20)14-24-11-10-23(15-19(25)16-24)13-17-7-5-4-6-8-17/h4-8,12,19,25H,2-3,9-11,13-16H2,1H3,(H,21,22)/t19-/m0/s1. The summed E-state index contributed by atoms with van der Waals surface area (Å²) in [6.07, 6.45) is 5.01. The molecule has 25 heavy (non-hydrogen) atoms. The van der Waals surface area contributed by atoms with E-state index < -0.39 is 0 Å². The third kappa shape index (κ3) is 5.66. The molecule has 1 fully saturated rings. The fourth-order valence-corrected chi connectivity index (χ4v) is 3.45. The number of nitrogens with zero attached hydrogens (tertiary/aromatic N) is 3. The number of aryl methyl sites for hydroxylation is 1. The Balaban J connectivity index is 1.53. The Morgan fingerprint density at radius 3 is 2.56 bits per heavy atom. The van der Waals surface area contributed by atoms with Gasteiger partial charge in [0, 0.05) is 57.6 Å². The van der Waals surface area contributed by atoms with Gasteiger partial charge in [-0.05, 0) is 12.0 Å². The van der Waals surface area contributed by atoms with Crippen molar-refractivity contribution in [2.24, 2.45) is 0 Å². The number of unbranched alkanes of at least 4 members (excludes halogenated alkanes) is 1. The maximum atomic E-state index is 10.4. The van der Waals surface area contributed by atoms with E-state index in [0.29, 0.717) is 6.54 Å². The second kappa shape index (κ2) is 9.13. The van der Waals surface area contributed by atoms with E-state index in [-0.39, 0.29) is 6.10 Å². The summed E-state index contributed by atoms with van der Waals surface area (Å²) in [5, 5.41) is 10.4. The molecular weight excluding hydrogens is 312 g/mol. The van der Waals surface area contributed by atoms with Crippen LogP contribution in [-0.2, 0) is 19.5 Å². The summed E-state index contributed by atoms with van der Waals surface area (Å²) in [5.74, 6) is 1.08. The number of aromatic amines is 1. The Kier molecular flexibility index (Phi) is 6.62. The van der Waals surface area contributed by atoms with Gasteiger partial charge in [-0.25, -0.2) is 4.98 Å². The number of rotatable bonds is 7. The molecule has 0 radical (unpaired) electrons. The van der Waals surface area contributed by atoms with Crippen LogP contribution in [0.5, 0.6) is 0 Å². The first kappa shape index (κ1) is 18.1. The number of H-pyrrole nitrogens is 1. The summed E-state index contributed by atoms with van der Waals surface area (Å²) in [6, 6.07) is 10.5. The van der Waals surface area contributed by atoms with Crippen LogP contribution in [0.3, 0.4) is 0 Å². The smallest absolute Gasteiger partial charge is 0.106 e. The van der Waals surface area contributed by atoms with Gasteiger partial charge in [-0.3, -0.25) is 9.80 Å². The van der Waals surface area contributed by atoms with Gasteiger partial charge in [0.2, 0.25) is 0 Å². The maximum Gasteiger partial charge on any atom is 0.106 e. The zero-order chi connectivity index (χ0) is 17.5. The first-order valence-corrected chi connectivity index (χ1v) is 9.42. The van der Waals surface area contributed by atoms with E-state index in [1.54, 1.807) is 0 Å². The molecule has 0 aliphatic carbocycles. The van der Waals surface area contributed by atoms with Crippen LogP contribution in [0.4, 0.5) is 0 Å². The number of nitrogens with one attached hydrogen (secondary N) is 1. The lowest BCUT2D eigenvalue weighted by Crippen LogP contribution is -2.33. The summed E-state index contributed by atoms with van der Waals surface area (Å²) >= 11 is 0. The second-order valence-electron chi connectivity index (χ2n) is 7.07. The van der Waals surface area contributed by atoms with E-state index in [9.17, 15) is 5.11 Å². The number of hydrogen-bond donors (Lipinski definition) is 2. The molecule has 0 bridgehead atoms. The number of aliphatic hydroxyl groups excluding tert-OH is 1. The van der Waals surface area contributed by atoms with Crippen LogP contribution < -0.4 is 0 Å². The molecule has 5 heteroatoms. The highest BCUT2D eigenvalue weighted by Gasteiger charge is 2.21. The van der Waals surface area contributed by atoms with Crippen molar-refractivity contribution in [2.45, 2.75) is 45.4 Å². The lowest BCUT2D eigenvalue weighted by molar-refractivity contribution is 0.105. The van der Waals surface area contributed by atoms with Gasteiger partial charge in [-0.2, -0.15) is 0 Å². The number of benzene rings is 1. The third-order valence-corrected chi connectivity index (χ3v) is 4.76. The topological polar surface area (TPSA) is 55.4 Å². The molecule has 2 aromatic rings. The van der Waals surface area contributed by atoms with Crippen LogP contribution in [0.2, 0.25) is 0 Å². The van der Waals surface area contributed by atoms with E-state index in [1.165, 1.54) is 18.4 Å². The molecule has 1 aromatic heterocycles. The van der Waals surface area contributed by atoms with Crippen molar-refractivity contribution in [3.63, 3.8) is 0 Å². The number of hydrogen-bond acceptors (Lipinski definition) is 4. The van der Waals surface area contributed by atoms with Crippen molar-refractivity contribution in [2.75, 3.05) is 26.2 Å². The van der Waals surface area contributed by atoms with Gasteiger partial charge >= 0.3 is 0 Å². The minimum atomic E-state index is -0.311. The van der Waals surface area contributed by atoms with E-state index in [0.717, 1.165) is 50.7 Å². The van der Waals surface area contributed by atoms with Crippen LogP contribution >= 0.6 is 0 Å². The predicted octanol–water partition coefficient (Wildman–Crippen LogP) is 2.43. The van der Waals surface area contributed by atoms with Crippen molar-refractivity contribution in [1.29, 1.82) is 0 Å². The van der Waals surface area contributed by atoms with Gasteiger partial charge in [0.15, 0.2) is 0 Å². The van der Waals surface area contributed by atoms with Crippen molar-refractivity contribution in [1.82, 2.24) is 19.8 Å². The van der Waals surface area contributed by atoms with Gasteiger partial charge in [-0.1, -0.05) is 43.7 Å². The van der Waals surface area contributed by atoms with Crippen LogP contribution in [-0.4, -0.2) is 57.2 Å². The molecule has 3 rings (SSSR count). The van der Waals surface area contributed by atoms with Gasteiger partial charge in [0.25, 0.3) is 0 Å². The fourth-order valence-electron chi connectivity index (χ4n) is 3.45. The molecule has 5 nitrogen and oxygen atoms in total. The van der Waals surface area contributed by atoms with Gasteiger partial charge < -0.3 is 10.1 Å². The minimum absolute atomic E-state index is 0.311. The van der Waals surface area contributed by atoms with Crippen LogP contribution in [0.25, 0.3) is 0 Å². The zero-order valence-corrected chi connectivity index (χ0v) is 15.2. The fraction of sp³-hybridized carbons (Fsp3) is 0.550. The summed E-state index contributed by atoms with van der Waals surface area (Å²) in [6.45, 7) is 7.32. The van der Waals surface area contributed by atoms with Crippen molar-refractivity contribution >= 4 is 0 Å². The van der Waals surface area contributed by atoms with Crippen molar-refractivity contribution in [3.05, 3.63) is 53.6 Å². The van der Waals surface area contributed by atoms with Crippen molar-refractivity contribution < 1.29 is 5.11 Å². The zero-order valence-electron chi connectivity index (χ0n) is 15.2. The van der Waals surface area contributed by atoms with Gasteiger partial charge in [0.05, 0.1) is 6.10 Å². The Bertz CT molecular complexity index is 628. The molecule has 1 atom stereocenters. The van der Waals surface area contributed by atoms with Gasteiger partial charge in [-0.15, -0.1) is 0 Å². The highest BCUT2D eigenvalue weighted by atomic mass is 16.3. The van der Waals surface area contributed by atoms with Gasteiger partial charge in [0.1, 0.15) is 5.82 Å². The number of aromatic nitrogens is 2. The first-order chi connectivity index (χ1) is 12.2. The quantitative estimate of drug-likeness (QED) is 0.811. The molecule has 1 aliphatic heterocycles. The number of β-amino-alcohol motifs (C(OH)–C–C–N with tert-alkyl or cyclic N) is 1. The lowest BCUT2D eigenvalue weighted by atomic mass is 10.2. The highest BCUT2D eigenvalue weighted by Crippen LogP contribution is 2.12. The number of imidazole rings is 1. The monoisotopic (exact) mass is 342 g/mol. The van der Waals surface area contributed by atoms with Crippen LogP contribution in [0.15, 0.2) is 36.5 Å². The molecule has 1 aromatic carbocycles. The Labute approximate surface area is 150 Å². The number of aliphatic hydroxyl groups is 1. The average molecular weight is 342 g/mol. The summed E-state index contributed by atoms with van der Waals surface area (Å²) in [5.41, 5.74) is 2.45. The SMILES string of the molecule is CCCCc1ncc(CN2CCN(Cc3ccccc3)C[C@H](O)C2)[nH]1. The molecule has 1 saturated heterocycles. The molecule has 0 unspecified atom stereocenters. The summed E-state index contributed by atoms with van der Waals surface area (Å²) < 4.78 is 0. The lowest BCUT2D eigenvalue weighted by Gasteiger charge is -2.21. The molecule has 0 amide bonds. The molecule has 0 saturated carbocycles. The Morgan fingerprint density at radius 2 is 1.84 bits per heavy atom. The van der Waals surface area contributed by atoms with E-state index >= 15 is 0 Å². The normalized spacial score (nSPS) is 19.8. The van der Waals surface area contributed by atoms with Crippen LogP contribution in [0, 0.1) is 0 Å². The molecular formula is C20H30N4O. The summed E-state index contributed by atoms with van der Waals surface area (Å²) in [4.78, 5) is 12.6. The van der Waals surface area contributed by atoms with E-state index in [2.05, 4.69) is 51.0 Å². The first-order valence-electron chi connectivity index (χ1n) is 9.42. The Hall–Kier alpha value is -1.69. The molecule has 136 valence electrons. The highest BCUT2D eigenvalue weighted by molar-refractivity contribution is 5.14. The van der Waals surface area contributed by atoms with Crippen molar-refractivity contribution in [3.8, 4) is 0 Å². The second-order valence-corrected chi connectivity index (χ2v) is 7.07. The van der Waals surface area contributed by atoms with E-state index in [4.69, 9.17) is 0 Å². The predicted molar refractivity (Wildman–Crippen MR) is 100 cm³/mol. The molecule has 1 aliphatic rings. The maximum absolute atomic E-state index is 10.4.